The normalized spacial score (nSPS) is 12.7. The lowest BCUT2D eigenvalue weighted by atomic mass is 10.0. The zero-order valence-electron chi connectivity index (χ0n) is 17.9. The van der Waals surface area contributed by atoms with Crippen molar-refractivity contribution in [3.63, 3.8) is 0 Å². The molecule has 3 rings (SSSR count). The number of carbonyl (C=O) groups excluding carboxylic acids is 1. The van der Waals surface area contributed by atoms with Gasteiger partial charge in [0.25, 0.3) is 5.91 Å². The van der Waals surface area contributed by atoms with Crippen LogP contribution >= 0.6 is 0 Å². The lowest BCUT2D eigenvalue weighted by molar-refractivity contribution is 0.0940. The smallest absolute Gasteiger partial charge is 0.252 e. The summed E-state index contributed by atoms with van der Waals surface area (Å²) >= 11 is 0. The minimum atomic E-state index is -4.11. The maximum absolute atomic E-state index is 14.4. The average Bonchev–Trinajstić information content (AvgIpc) is 3.18. The molecule has 10 heteroatoms. The van der Waals surface area contributed by atoms with Gasteiger partial charge in [-0.3, -0.25) is 4.79 Å². The molecule has 0 saturated carbocycles. The highest BCUT2D eigenvalue weighted by molar-refractivity contribution is 7.89. The topological polar surface area (TPSA) is 84.3 Å². The van der Waals surface area contributed by atoms with E-state index in [2.05, 4.69) is 10.3 Å². The first-order valence-corrected chi connectivity index (χ1v) is 11.5. The number of hydrogen-bond acceptors (Lipinski definition) is 4. The molecule has 1 amide bonds. The molecule has 0 bridgehead atoms. The summed E-state index contributed by atoms with van der Waals surface area (Å²) in [6.07, 6.45) is 3.22. The van der Waals surface area contributed by atoms with Crippen LogP contribution in [-0.4, -0.2) is 41.3 Å². The van der Waals surface area contributed by atoms with Crippen molar-refractivity contribution in [1.82, 2.24) is 19.2 Å². The molecule has 1 heterocycles. The van der Waals surface area contributed by atoms with E-state index in [0.717, 1.165) is 16.4 Å². The van der Waals surface area contributed by atoms with Crippen molar-refractivity contribution >= 4 is 15.9 Å². The average molecular weight is 463 g/mol. The molecule has 170 valence electrons. The van der Waals surface area contributed by atoms with Gasteiger partial charge in [-0.1, -0.05) is 26.0 Å². The van der Waals surface area contributed by atoms with Crippen LogP contribution < -0.4 is 5.32 Å². The number of nitrogens with zero attached hydrogens (tertiary/aromatic N) is 3. The minimum Gasteiger partial charge on any atom is -0.338 e. The van der Waals surface area contributed by atoms with Crippen molar-refractivity contribution in [1.29, 1.82) is 0 Å². The third kappa shape index (κ3) is 4.71. The van der Waals surface area contributed by atoms with E-state index in [1.165, 1.54) is 24.3 Å². The minimum absolute atomic E-state index is 0.0484. The highest BCUT2D eigenvalue weighted by Gasteiger charge is 2.28. The lowest BCUT2D eigenvalue weighted by Crippen LogP contribution is -2.33. The van der Waals surface area contributed by atoms with Gasteiger partial charge in [-0.15, -0.1) is 0 Å². The van der Waals surface area contributed by atoms with Gasteiger partial charge in [0.1, 0.15) is 28.4 Å². The van der Waals surface area contributed by atoms with Crippen molar-refractivity contribution in [2.45, 2.75) is 24.8 Å². The Bertz CT molecular complexity index is 1220. The van der Waals surface area contributed by atoms with Gasteiger partial charge in [-0.25, -0.2) is 22.2 Å². The molecule has 0 aliphatic heterocycles. The first kappa shape index (κ1) is 23.6. The van der Waals surface area contributed by atoms with Crippen LogP contribution in [0.1, 0.15) is 41.6 Å². The Kier molecular flexibility index (Phi) is 7.05. The van der Waals surface area contributed by atoms with E-state index in [1.54, 1.807) is 43.9 Å². The van der Waals surface area contributed by atoms with Gasteiger partial charge in [0.15, 0.2) is 0 Å². The summed E-state index contributed by atoms with van der Waals surface area (Å²) in [7, 11) is -2.38. The number of sulfonamides is 1. The number of imidazole rings is 1. The van der Waals surface area contributed by atoms with Crippen LogP contribution in [0, 0.1) is 11.6 Å². The number of benzene rings is 2. The molecule has 0 radical (unpaired) electrons. The standard InChI is InChI=1S/C22H24F2N4O3S/c1-4-28(5-2)32(30,31)19-14-16(9-10-18(19)24)22(29)26-20(21-25-11-12-27(21)3)15-7-6-8-17(23)13-15/h6-14,20H,4-5H2,1-3H3,(H,26,29). The number of nitrogens with one attached hydrogen (secondary N) is 1. The monoisotopic (exact) mass is 462 g/mol. The molecule has 1 unspecified atom stereocenters. The number of aryl methyl sites for hydroxylation is 1. The van der Waals surface area contributed by atoms with Crippen LogP contribution in [0.2, 0.25) is 0 Å². The second kappa shape index (κ2) is 9.58. The van der Waals surface area contributed by atoms with Gasteiger partial charge in [0.2, 0.25) is 10.0 Å². The first-order chi connectivity index (χ1) is 15.2. The van der Waals surface area contributed by atoms with Gasteiger partial charge >= 0.3 is 0 Å². The molecule has 0 spiro atoms. The van der Waals surface area contributed by atoms with Gasteiger partial charge in [0.05, 0.1) is 0 Å². The Balaban J connectivity index is 2.00. The molecule has 0 saturated heterocycles. The highest BCUT2D eigenvalue weighted by atomic mass is 32.2. The highest BCUT2D eigenvalue weighted by Crippen LogP contribution is 2.24. The molecule has 0 aliphatic rings. The molecular weight excluding hydrogens is 438 g/mol. The predicted octanol–water partition coefficient (Wildman–Crippen LogP) is 3.25. The number of carbonyl (C=O) groups is 1. The van der Waals surface area contributed by atoms with Gasteiger partial charge in [-0.05, 0) is 35.9 Å². The Hall–Kier alpha value is -3.11. The van der Waals surface area contributed by atoms with Crippen molar-refractivity contribution < 1.29 is 22.0 Å². The molecule has 1 N–H and O–H groups in total. The van der Waals surface area contributed by atoms with E-state index in [9.17, 15) is 22.0 Å². The van der Waals surface area contributed by atoms with E-state index in [4.69, 9.17) is 0 Å². The maximum Gasteiger partial charge on any atom is 0.252 e. The Morgan fingerprint density at radius 2 is 1.88 bits per heavy atom. The van der Waals surface area contributed by atoms with Gasteiger partial charge in [-0.2, -0.15) is 4.31 Å². The summed E-state index contributed by atoms with van der Waals surface area (Å²) in [6.45, 7) is 3.61. The Morgan fingerprint density at radius 3 is 2.47 bits per heavy atom. The molecule has 1 aromatic heterocycles. The fourth-order valence-electron chi connectivity index (χ4n) is 3.40. The van der Waals surface area contributed by atoms with Crippen molar-refractivity contribution in [2.75, 3.05) is 13.1 Å². The Labute approximate surface area is 185 Å². The number of halogens is 2. The van der Waals surface area contributed by atoms with Gasteiger partial charge in [0, 0.05) is 38.1 Å². The predicted molar refractivity (Wildman–Crippen MR) is 115 cm³/mol. The third-order valence-electron chi connectivity index (χ3n) is 5.09. The fourth-order valence-corrected chi connectivity index (χ4v) is 4.95. The number of amides is 1. The SMILES string of the molecule is CCN(CC)S(=O)(=O)c1cc(C(=O)NC(c2cccc(F)c2)c2nccn2C)ccc1F. The van der Waals surface area contributed by atoms with Crippen molar-refractivity contribution in [3.05, 3.63) is 83.4 Å². The summed E-state index contributed by atoms with van der Waals surface area (Å²) in [5.74, 6) is -1.63. The molecule has 1 atom stereocenters. The maximum atomic E-state index is 14.4. The zero-order chi connectivity index (χ0) is 23.5. The number of rotatable bonds is 8. The van der Waals surface area contributed by atoms with Crippen LogP contribution in [0.25, 0.3) is 0 Å². The van der Waals surface area contributed by atoms with Crippen molar-refractivity contribution in [3.8, 4) is 0 Å². The van der Waals surface area contributed by atoms with Crippen LogP contribution in [0.15, 0.2) is 59.8 Å². The largest absolute Gasteiger partial charge is 0.338 e. The van der Waals surface area contributed by atoms with Gasteiger partial charge < -0.3 is 9.88 Å². The van der Waals surface area contributed by atoms with E-state index < -0.39 is 38.5 Å². The van der Waals surface area contributed by atoms with E-state index in [1.807, 2.05) is 0 Å². The van der Waals surface area contributed by atoms with Crippen LogP contribution in [-0.2, 0) is 17.1 Å². The molecule has 0 aliphatic carbocycles. The molecule has 32 heavy (non-hydrogen) atoms. The second-order valence-electron chi connectivity index (χ2n) is 7.09. The third-order valence-corrected chi connectivity index (χ3v) is 7.16. The first-order valence-electron chi connectivity index (χ1n) is 10.0. The Morgan fingerprint density at radius 1 is 1.16 bits per heavy atom. The second-order valence-corrected chi connectivity index (χ2v) is 9.00. The summed E-state index contributed by atoms with van der Waals surface area (Å²) in [5.41, 5.74) is 0.401. The van der Waals surface area contributed by atoms with E-state index in [-0.39, 0.29) is 18.7 Å². The molecule has 3 aromatic rings. The summed E-state index contributed by atoms with van der Waals surface area (Å²) in [6, 6.07) is 8.07. The number of hydrogen-bond donors (Lipinski definition) is 1. The zero-order valence-corrected chi connectivity index (χ0v) is 18.7. The van der Waals surface area contributed by atoms with Crippen LogP contribution in [0.4, 0.5) is 8.78 Å². The lowest BCUT2D eigenvalue weighted by Gasteiger charge is -2.21. The van der Waals surface area contributed by atoms with Crippen LogP contribution in [0.5, 0.6) is 0 Å². The quantitative estimate of drug-likeness (QED) is 0.557. The number of aromatic nitrogens is 2. The molecular formula is C22H24F2N4O3S. The summed E-state index contributed by atoms with van der Waals surface area (Å²) in [4.78, 5) is 16.7. The molecule has 0 fully saturated rings. The molecule has 2 aromatic carbocycles. The summed E-state index contributed by atoms with van der Waals surface area (Å²) < 4.78 is 56.7. The molecule has 7 nitrogen and oxygen atoms in total. The van der Waals surface area contributed by atoms with Crippen molar-refractivity contribution in [2.24, 2.45) is 7.05 Å². The summed E-state index contributed by atoms with van der Waals surface area (Å²) in [5, 5.41) is 2.76. The van der Waals surface area contributed by atoms with E-state index in [0.29, 0.717) is 11.4 Å². The van der Waals surface area contributed by atoms with Crippen LogP contribution in [0.3, 0.4) is 0 Å². The fraction of sp³-hybridized carbons (Fsp3) is 0.273. The van der Waals surface area contributed by atoms with E-state index >= 15 is 0 Å².